The van der Waals surface area contributed by atoms with E-state index in [9.17, 15) is 9.59 Å². The van der Waals surface area contributed by atoms with E-state index in [0.717, 1.165) is 10.0 Å². The summed E-state index contributed by atoms with van der Waals surface area (Å²) in [7, 11) is 0. The SMILES string of the molecule is CC(C)c1nc2ccc(Br)cc2c(=O)n1N=Cc1ccc(OCC(=O)Nc2ccc(Cl)cc2)c(Br)c1. The highest BCUT2D eigenvalue weighted by Gasteiger charge is 2.14. The highest BCUT2D eigenvalue weighted by Crippen LogP contribution is 2.26. The molecule has 0 aliphatic heterocycles. The Bertz CT molecular complexity index is 1520. The Balaban J connectivity index is 1.50. The third-order valence-electron chi connectivity index (χ3n) is 5.11. The van der Waals surface area contributed by atoms with Crippen LogP contribution < -0.4 is 15.6 Å². The summed E-state index contributed by atoms with van der Waals surface area (Å²) >= 11 is 12.7. The number of benzene rings is 3. The Labute approximate surface area is 229 Å². The molecule has 1 amide bonds. The van der Waals surface area contributed by atoms with Crippen molar-refractivity contribution in [2.75, 3.05) is 11.9 Å². The average Bonchev–Trinajstić information content (AvgIpc) is 2.84. The normalized spacial score (nSPS) is 11.4. The zero-order valence-corrected chi connectivity index (χ0v) is 23.3. The highest BCUT2D eigenvalue weighted by molar-refractivity contribution is 9.10. The van der Waals surface area contributed by atoms with Gasteiger partial charge in [0.05, 0.1) is 21.6 Å². The van der Waals surface area contributed by atoms with Gasteiger partial charge >= 0.3 is 0 Å². The quantitative estimate of drug-likeness (QED) is 0.233. The molecule has 36 heavy (non-hydrogen) atoms. The number of carbonyl (C=O) groups excluding carboxylic acids is 1. The third kappa shape index (κ3) is 6.21. The van der Waals surface area contributed by atoms with Crippen LogP contribution in [0, 0.1) is 0 Å². The van der Waals surface area contributed by atoms with Crippen LogP contribution in [0.4, 0.5) is 5.69 Å². The van der Waals surface area contributed by atoms with Gasteiger partial charge in [-0.1, -0.05) is 41.4 Å². The van der Waals surface area contributed by atoms with Gasteiger partial charge in [-0.2, -0.15) is 9.78 Å². The number of carbonyl (C=O) groups is 1. The largest absolute Gasteiger partial charge is 0.483 e. The molecule has 0 bridgehead atoms. The first-order valence-electron chi connectivity index (χ1n) is 11.0. The van der Waals surface area contributed by atoms with Crippen molar-refractivity contribution in [1.82, 2.24) is 9.66 Å². The molecule has 10 heteroatoms. The van der Waals surface area contributed by atoms with Crippen molar-refractivity contribution < 1.29 is 9.53 Å². The fraction of sp³-hybridized carbons (Fsp3) is 0.154. The number of amides is 1. The highest BCUT2D eigenvalue weighted by atomic mass is 79.9. The third-order valence-corrected chi connectivity index (χ3v) is 6.48. The molecule has 1 aromatic heterocycles. The molecule has 0 spiro atoms. The van der Waals surface area contributed by atoms with Crippen molar-refractivity contribution in [2.24, 2.45) is 5.10 Å². The van der Waals surface area contributed by atoms with Gasteiger partial charge in [0.25, 0.3) is 11.5 Å². The molecule has 0 saturated heterocycles. The number of rotatable bonds is 7. The maximum atomic E-state index is 13.2. The molecule has 0 atom stereocenters. The Morgan fingerprint density at radius 3 is 2.58 bits per heavy atom. The smallest absolute Gasteiger partial charge is 0.282 e. The number of fused-ring (bicyclic) bond motifs is 1. The number of anilines is 1. The maximum absolute atomic E-state index is 13.2. The Morgan fingerprint density at radius 1 is 1.14 bits per heavy atom. The van der Waals surface area contributed by atoms with Crippen molar-refractivity contribution in [3.05, 3.63) is 96.4 Å². The number of ether oxygens (including phenoxy) is 1. The van der Waals surface area contributed by atoms with Crippen LogP contribution in [-0.2, 0) is 4.79 Å². The van der Waals surface area contributed by atoms with Crippen LogP contribution in [0.15, 0.2) is 79.5 Å². The van der Waals surface area contributed by atoms with Crippen molar-refractivity contribution in [3.63, 3.8) is 0 Å². The van der Waals surface area contributed by atoms with Gasteiger partial charge in [-0.15, -0.1) is 0 Å². The second-order valence-electron chi connectivity index (χ2n) is 8.18. The van der Waals surface area contributed by atoms with Crippen LogP contribution in [0.5, 0.6) is 5.75 Å². The van der Waals surface area contributed by atoms with Crippen molar-refractivity contribution >= 4 is 72.2 Å². The van der Waals surface area contributed by atoms with E-state index in [0.29, 0.717) is 37.7 Å². The van der Waals surface area contributed by atoms with Gasteiger partial charge in [0.2, 0.25) is 0 Å². The molecule has 4 aromatic rings. The summed E-state index contributed by atoms with van der Waals surface area (Å²) in [6, 6.07) is 17.5. The van der Waals surface area contributed by atoms with E-state index in [2.05, 4.69) is 47.3 Å². The average molecular weight is 633 g/mol. The summed E-state index contributed by atoms with van der Waals surface area (Å²) in [6.45, 7) is 3.76. The lowest BCUT2D eigenvalue weighted by molar-refractivity contribution is -0.118. The first kappa shape index (κ1) is 26.1. The van der Waals surface area contributed by atoms with E-state index in [4.69, 9.17) is 16.3 Å². The molecule has 4 rings (SSSR count). The molecule has 0 fully saturated rings. The van der Waals surface area contributed by atoms with E-state index in [1.165, 1.54) is 4.68 Å². The second kappa shape index (κ2) is 11.4. The lowest BCUT2D eigenvalue weighted by Crippen LogP contribution is -2.23. The molecule has 0 unspecified atom stereocenters. The minimum Gasteiger partial charge on any atom is -0.483 e. The second-order valence-corrected chi connectivity index (χ2v) is 10.4. The summed E-state index contributed by atoms with van der Waals surface area (Å²) in [4.78, 5) is 30.0. The predicted molar refractivity (Wildman–Crippen MR) is 151 cm³/mol. The summed E-state index contributed by atoms with van der Waals surface area (Å²) in [6.07, 6.45) is 1.58. The Morgan fingerprint density at radius 2 is 1.89 bits per heavy atom. The number of nitrogens with one attached hydrogen (secondary N) is 1. The molecule has 1 heterocycles. The molecule has 184 valence electrons. The fourth-order valence-electron chi connectivity index (χ4n) is 3.36. The summed E-state index contributed by atoms with van der Waals surface area (Å²) < 4.78 is 8.41. The first-order chi connectivity index (χ1) is 17.2. The molecule has 3 aromatic carbocycles. The molecule has 0 saturated carbocycles. The van der Waals surface area contributed by atoms with E-state index in [1.807, 2.05) is 26.0 Å². The molecule has 1 N–H and O–H groups in total. The number of hydrogen-bond acceptors (Lipinski definition) is 5. The van der Waals surface area contributed by atoms with Crippen LogP contribution in [-0.4, -0.2) is 28.4 Å². The van der Waals surface area contributed by atoms with Gasteiger partial charge in [-0.05, 0) is 82.2 Å². The summed E-state index contributed by atoms with van der Waals surface area (Å²) in [5, 5.41) is 8.25. The number of halogens is 3. The van der Waals surface area contributed by atoms with Gasteiger partial charge in [0.1, 0.15) is 11.6 Å². The minimum atomic E-state index is -0.300. The predicted octanol–water partition coefficient (Wildman–Crippen LogP) is 6.60. The zero-order valence-electron chi connectivity index (χ0n) is 19.3. The van der Waals surface area contributed by atoms with E-state index in [1.54, 1.807) is 54.7 Å². The number of aromatic nitrogens is 2. The molecule has 7 nitrogen and oxygen atoms in total. The lowest BCUT2D eigenvalue weighted by atomic mass is 10.2. The zero-order chi connectivity index (χ0) is 25.8. The Kier molecular flexibility index (Phi) is 8.23. The molecular weight excluding hydrogens is 612 g/mol. The van der Waals surface area contributed by atoms with Crippen LogP contribution in [0.1, 0.15) is 31.2 Å². The van der Waals surface area contributed by atoms with E-state index < -0.39 is 0 Å². The minimum absolute atomic E-state index is 0.00979. The standard InChI is InChI=1S/C26H21Br2ClN4O3/c1-15(2)25-32-22-9-4-17(27)12-20(22)26(35)33(25)30-13-16-3-10-23(21(28)11-16)36-14-24(34)31-19-7-5-18(29)6-8-19/h3-13,15H,14H2,1-2H3,(H,31,34). The van der Waals surface area contributed by atoms with Gasteiger partial charge in [-0.3, -0.25) is 9.59 Å². The van der Waals surface area contributed by atoms with Crippen molar-refractivity contribution in [2.45, 2.75) is 19.8 Å². The first-order valence-corrected chi connectivity index (χ1v) is 12.9. The monoisotopic (exact) mass is 630 g/mol. The van der Waals surface area contributed by atoms with E-state index in [-0.39, 0.29) is 24.0 Å². The van der Waals surface area contributed by atoms with Gasteiger partial charge in [0, 0.05) is 21.1 Å². The van der Waals surface area contributed by atoms with Crippen molar-refractivity contribution in [1.29, 1.82) is 0 Å². The summed E-state index contributed by atoms with van der Waals surface area (Å²) in [5.74, 6) is 0.753. The number of hydrogen-bond donors (Lipinski definition) is 1. The topological polar surface area (TPSA) is 85.6 Å². The van der Waals surface area contributed by atoms with Crippen LogP contribution in [0.25, 0.3) is 10.9 Å². The molecule has 0 aliphatic rings. The molecular formula is C26H21Br2ClN4O3. The summed E-state index contributed by atoms with van der Waals surface area (Å²) in [5.41, 5.74) is 1.75. The van der Waals surface area contributed by atoms with Gasteiger partial charge < -0.3 is 10.1 Å². The van der Waals surface area contributed by atoms with Crippen LogP contribution in [0.3, 0.4) is 0 Å². The fourth-order valence-corrected chi connectivity index (χ4v) is 4.36. The lowest BCUT2D eigenvalue weighted by Gasteiger charge is -2.12. The van der Waals surface area contributed by atoms with Gasteiger partial charge in [-0.25, -0.2) is 4.98 Å². The Hall–Kier alpha value is -3.01. The molecule has 0 radical (unpaired) electrons. The van der Waals surface area contributed by atoms with Crippen molar-refractivity contribution in [3.8, 4) is 5.75 Å². The van der Waals surface area contributed by atoms with Crippen LogP contribution >= 0.6 is 43.5 Å². The maximum Gasteiger partial charge on any atom is 0.282 e. The van der Waals surface area contributed by atoms with Crippen LogP contribution in [0.2, 0.25) is 5.02 Å². The van der Waals surface area contributed by atoms with Gasteiger partial charge in [0.15, 0.2) is 6.61 Å². The van der Waals surface area contributed by atoms with E-state index >= 15 is 0 Å². The molecule has 0 aliphatic carbocycles. The number of nitrogens with zero attached hydrogens (tertiary/aromatic N) is 3.